The number of unbranched alkanes of at least 4 members (excludes halogenated alkanes) is 9. The van der Waals surface area contributed by atoms with Gasteiger partial charge in [0.1, 0.15) is 0 Å². The van der Waals surface area contributed by atoms with E-state index in [2.05, 4.69) is 18.0 Å². The second-order valence-corrected chi connectivity index (χ2v) is 9.36. The molecule has 2 aliphatic heterocycles. The number of aliphatic hydroxyl groups is 1. The van der Waals surface area contributed by atoms with Gasteiger partial charge < -0.3 is 14.6 Å². The summed E-state index contributed by atoms with van der Waals surface area (Å²) in [5.74, 6) is 0.457. The summed E-state index contributed by atoms with van der Waals surface area (Å²) in [7, 11) is 3.41. The van der Waals surface area contributed by atoms with Gasteiger partial charge in [0.2, 0.25) is 0 Å². The Balaban J connectivity index is 1.81. The molecule has 2 aliphatic rings. The van der Waals surface area contributed by atoms with Crippen molar-refractivity contribution in [1.82, 2.24) is 14.1 Å². The van der Waals surface area contributed by atoms with Gasteiger partial charge in [-0.2, -0.15) is 4.98 Å². The van der Waals surface area contributed by atoms with Crippen molar-refractivity contribution in [3.63, 3.8) is 0 Å². The molecule has 1 aromatic carbocycles. The second kappa shape index (κ2) is 12.7. The lowest BCUT2D eigenvalue weighted by atomic mass is 10.1. The van der Waals surface area contributed by atoms with Crippen LogP contribution < -0.4 is 16.1 Å². The molecule has 186 valence electrons. The fourth-order valence-corrected chi connectivity index (χ4v) is 4.58. The molecule has 0 atom stereocenters. The molecular formula is C27H40N4O3. The van der Waals surface area contributed by atoms with Gasteiger partial charge in [-0.3, -0.25) is 9.36 Å². The summed E-state index contributed by atoms with van der Waals surface area (Å²) in [6, 6.07) is 7.89. The van der Waals surface area contributed by atoms with Crippen molar-refractivity contribution in [2.45, 2.75) is 77.7 Å². The van der Waals surface area contributed by atoms with Crippen LogP contribution in [0.25, 0.3) is 22.3 Å². The number of rotatable bonds is 14. The van der Waals surface area contributed by atoms with E-state index in [1.54, 1.807) is 0 Å². The van der Waals surface area contributed by atoms with Crippen LogP contribution in [0.2, 0.25) is 0 Å². The van der Waals surface area contributed by atoms with Crippen LogP contribution in [0.5, 0.6) is 0 Å². The third kappa shape index (κ3) is 6.26. The number of anilines is 1. The Bertz CT molecular complexity index is 1150. The van der Waals surface area contributed by atoms with Crippen LogP contribution in [-0.2, 0) is 13.6 Å². The van der Waals surface area contributed by atoms with Crippen LogP contribution in [0.3, 0.4) is 0 Å². The van der Waals surface area contributed by atoms with Gasteiger partial charge in [0, 0.05) is 32.9 Å². The van der Waals surface area contributed by atoms with E-state index in [4.69, 9.17) is 0 Å². The quantitative estimate of drug-likeness (QED) is 0.277. The van der Waals surface area contributed by atoms with Gasteiger partial charge in [-0.05, 0) is 30.0 Å². The summed E-state index contributed by atoms with van der Waals surface area (Å²) in [5.41, 5.74) is 1.56. The van der Waals surface area contributed by atoms with Crippen molar-refractivity contribution in [3.05, 3.63) is 45.1 Å². The van der Waals surface area contributed by atoms with E-state index in [1.807, 2.05) is 34.7 Å². The topological polar surface area (TPSA) is 80.4 Å². The predicted octanol–water partition coefficient (Wildman–Crippen LogP) is 4.55. The highest BCUT2D eigenvalue weighted by molar-refractivity contribution is 5.88. The van der Waals surface area contributed by atoms with Crippen molar-refractivity contribution in [2.75, 3.05) is 25.1 Å². The lowest BCUT2D eigenvalue weighted by Gasteiger charge is -2.22. The summed E-state index contributed by atoms with van der Waals surface area (Å²) in [6.07, 6.45) is 12.5. The molecule has 0 amide bonds. The van der Waals surface area contributed by atoms with E-state index in [-0.39, 0.29) is 12.2 Å². The molecule has 3 rings (SSSR count). The molecule has 0 saturated carbocycles. The zero-order valence-electron chi connectivity index (χ0n) is 21.1. The molecule has 0 unspecified atom stereocenters. The van der Waals surface area contributed by atoms with Crippen LogP contribution in [0.15, 0.2) is 33.9 Å². The first-order valence-corrected chi connectivity index (χ1v) is 12.8. The van der Waals surface area contributed by atoms with Crippen molar-refractivity contribution in [2.24, 2.45) is 7.05 Å². The molecule has 0 aliphatic carbocycles. The SMILES string of the molecule is CCCCCCCCCCCCn1c2nc(=O)n(C)c(=O)c-2cc2ccc(N(C)CCO)cc21. The molecule has 1 N–H and O–H groups in total. The molecular weight excluding hydrogens is 428 g/mol. The molecule has 0 fully saturated rings. The van der Waals surface area contributed by atoms with Gasteiger partial charge >= 0.3 is 5.69 Å². The highest BCUT2D eigenvalue weighted by atomic mass is 16.3. The third-order valence-electron chi connectivity index (χ3n) is 6.74. The van der Waals surface area contributed by atoms with E-state index >= 15 is 0 Å². The number of aryl methyl sites for hydroxylation is 1. The Morgan fingerprint density at radius 3 is 2.24 bits per heavy atom. The van der Waals surface area contributed by atoms with E-state index in [0.29, 0.717) is 24.5 Å². The molecule has 0 spiro atoms. The summed E-state index contributed by atoms with van der Waals surface area (Å²) in [6.45, 7) is 3.55. The summed E-state index contributed by atoms with van der Waals surface area (Å²) in [5, 5.41) is 10.3. The highest BCUT2D eigenvalue weighted by Crippen LogP contribution is 2.28. The van der Waals surface area contributed by atoms with Gasteiger partial charge in [-0.15, -0.1) is 0 Å². The minimum absolute atomic E-state index is 0.0714. The van der Waals surface area contributed by atoms with Crippen molar-refractivity contribution < 1.29 is 5.11 Å². The first-order valence-electron chi connectivity index (χ1n) is 12.8. The molecule has 1 aromatic rings. The van der Waals surface area contributed by atoms with Gasteiger partial charge in [0.25, 0.3) is 5.56 Å². The second-order valence-electron chi connectivity index (χ2n) is 9.36. The van der Waals surface area contributed by atoms with Crippen molar-refractivity contribution in [1.29, 1.82) is 0 Å². The maximum absolute atomic E-state index is 12.8. The van der Waals surface area contributed by atoms with E-state index < -0.39 is 5.69 Å². The predicted molar refractivity (Wildman–Crippen MR) is 140 cm³/mol. The number of hydrogen-bond acceptors (Lipinski definition) is 5. The number of nitrogens with zero attached hydrogens (tertiary/aromatic N) is 4. The normalized spacial score (nSPS) is 11.5. The summed E-state index contributed by atoms with van der Waals surface area (Å²) in [4.78, 5) is 31.4. The Morgan fingerprint density at radius 2 is 1.59 bits per heavy atom. The molecule has 0 aromatic heterocycles. The monoisotopic (exact) mass is 468 g/mol. The molecule has 2 heterocycles. The summed E-state index contributed by atoms with van der Waals surface area (Å²) >= 11 is 0. The number of aromatic nitrogens is 3. The maximum atomic E-state index is 12.8. The molecule has 7 nitrogen and oxygen atoms in total. The molecule has 0 radical (unpaired) electrons. The van der Waals surface area contributed by atoms with Crippen LogP contribution in [0.4, 0.5) is 5.69 Å². The van der Waals surface area contributed by atoms with Gasteiger partial charge in [0.15, 0.2) is 5.82 Å². The first kappa shape index (κ1) is 25.9. The lowest BCUT2D eigenvalue weighted by molar-refractivity contribution is 0.304. The maximum Gasteiger partial charge on any atom is 0.352 e. The van der Waals surface area contributed by atoms with Crippen LogP contribution in [0.1, 0.15) is 71.1 Å². The Hall–Kier alpha value is -2.67. The van der Waals surface area contributed by atoms with Crippen LogP contribution in [0, 0.1) is 0 Å². The Morgan fingerprint density at radius 1 is 0.941 bits per heavy atom. The molecule has 0 saturated heterocycles. The number of benzene rings is 1. The summed E-state index contributed by atoms with van der Waals surface area (Å²) < 4.78 is 3.11. The smallest absolute Gasteiger partial charge is 0.352 e. The Labute approximate surface area is 202 Å². The zero-order chi connectivity index (χ0) is 24.5. The van der Waals surface area contributed by atoms with E-state index in [9.17, 15) is 14.7 Å². The third-order valence-corrected chi connectivity index (χ3v) is 6.74. The van der Waals surface area contributed by atoms with Crippen molar-refractivity contribution in [3.8, 4) is 11.4 Å². The van der Waals surface area contributed by atoms with Gasteiger partial charge in [-0.25, -0.2) is 4.79 Å². The average molecular weight is 469 g/mol. The van der Waals surface area contributed by atoms with Crippen LogP contribution in [-0.4, -0.2) is 39.4 Å². The molecule has 7 heteroatoms. The standard InChI is InChI=1S/C27H40N4O3/c1-4-5-6-7-8-9-10-11-12-13-16-31-24-20-22(29(2)17-18-32)15-14-21(24)19-23-25(31)28-27(34)30(3)26(23)33/h14-15,19-20,32H,4-13,16-18H2,1-3H3. The number of pyridine rings is 1. The fourth-order valence-electron chi connectivity index (χ4n) is 4.58. The Kier molecular flexibility index (Phi) is 9.69. The number of hydrogen-bond donors (Lipinski definition) is 1. The number of fused-ring (bicyclic) bond motifs is 2. The fraction of sp³-hybridized carbons (Fsp3) is 0.593. The zero-order valence-corrected chi connectivity index (χ0v) is 21.1. The highest BCUT2D eigenvalue weighted by Gasteiger charge is 2.19. The average Bonchev–Trinajstić information content (AvgIpc) is 2.83. The molecule has 0 bridgehead atoms. The van der Waals surface area contributed by atoms with Crippen LogP contribution >= 0.6 is 0 Å². The first-order chi connectivity index (χ1) is 16.5. The number of likely N-dealkylation sites (N-methyl/N-ethyl adjacent to an activating group) is 1. The van der Waals surface area contributed by atoms with E-state index in [0.717, 1.165) is 34.0 Å². The van der Waals surface area contributed by atoms with Crippen molar-refractivity contribution >= 4 is 16.6 Å². The minimum Gasteiger partial charge on any atom is -0.395 e. The van der Waals surface area contributed by atoms with Gasteiger partial charge in [-0.1, -0.05) is 70.8 Å². The lowest BCUT2D eigenvalue weighted by Crippen LogP contribution is -2.36. The van der Waals surface area contributed by atoms with E-state index in [1.165, 1.54) is 58.4 Å². The largest absolute Gasteiger partial charge is 0.395 e. The minimum atomic E-state index is -0.526. The molecule has 34 heavy (non-hydrogen) atoms. The van der Waals surface area contributed by atoms with Gasteiger partial charge in [0.05, 0.1) is 17.7 Å². The number of aliphatic hydroxyl groups excluding tert-OH is 1.